The van der Waals surface area contributed by atoms with Gasteiger partial charge >= 0.3 is 0 Å². The van der Waals surface area contributed by atoms with E-state index in [9.17, 15) is 0 Å². The van der Waals surface area contributed by atoms with E-state index in [1.807, 2.05) is 18.7 Å². The molecule has 5 heteroatoms. The van der Waals surface area contributed by atoms with Crippen LogP contribution in [0.15, 0.2) is 0 Å². The first-order chi connectivity index (χ1) is 7.82. The van der Waals surface area contributed by atoms with Gasteiger partial charge in [-0.25, -0.2) is 0 Å². The van der Waals surface area contributed by atoms with Gasteiger partial charge in [-0.1, -0.05) is 20.8 Å². The molecule has 0 aromatic heterocycles. The zero-order chi connectivity index (χ0) is 13.4. The van der Waals surface area contributed by atoms with Crippen molar-refractivity contribution in [2.75, 3.05) is 12.3 Å². The van der Waals surface area contributed by atoms with Gasteiger partial charge in [-0.05, 0) is 30.9 Å². The Morgan fingerprint density at radius 2 is 1.76 bits per heavy atom. The SMILES string of the molecule is CC(C)CC(C)CSC(S)C(S)CNC(C)N. The fourth-order valence-corrected chi connectivity index (χ4v) is 3.36. The van der Waals surface area contributed by atoms with Gasteiger partial charge in [-0.15, -0.1) is 11.8 Å². The number of rotatable bonds is 9. The van der Waals surface area contributed by atoms with Gasteiger partial charge in [0, 0.05) is 11.8 Å². The topological polar surface area (TPSA) is 38.0 Å². The Bertz CT molecular complexity index is 189. The number of thiol groups is 2. The molecule has 0 spiro atoms. The minimum absolute atomic E-state index is 0.0232. The highest BCUT2D eigenvalue weighted by molar-refractivity contribution is 8.11. The second kappa shape index (κ2) is 9.84. The predicted octanol–water partition coefficient (Wildman–Crippen LogP) is 2.85. The van der Waals surface area contributed by atoms with Crippen LogP contribution < -0.4 is 11.1 Å². The largest absolute Gasteiger partial charge is 0.316 e. The molecule has 0 aromatic rings. The molecule has 104 valence electrons. The van der Waals surface area contributed by atoms with Crippen LogP contribution in [0.25, 0.3) is 0 Å². The van der Waals surface area contributed by atoms with Crippen molar-refractivity contribution >= 4 is 37.0 Å². The Morgan fingerprint density at radius 3 is 2.24 bits per heavy atom. The van der Waals surface area contributed by atoms with Crippen molar-refractivity contribution in [1.82, 2.24) is 5.32 Å². The van der Waals surface area contributed by atoms with Crippen LogP contribution >= 0.6 is 37.0 Å². The lowest BCUT2D eigenvalue weighted by Gasteiger charge is -2.22. The van der Waals surface area contributed by atoms with Crippen LogP contribution in [-0.4, -0.2) is 28.3 Å². The van der Waals surface area contributed by atoms with Crippen LogP contribution in [0.4, 0.5) is 0 Å². The van der Waals surface area contributed by atoms with Crippen LogP contribution in [0, 0.1) is 11.8 Å². The lowest BCUT2D eigenvalue weighted by Crippen LogP contribution is -2.39. The summed E-state index contributed by atoms with van der Waals surface area (Å²) in [5.41, 5.74) is 5.64. The Hall–Kier alpha value is 0.970. The molecule has 17 heavy (non-hydrogen) atoms. The van der Waals surface area contributed by atoms with E-state index in [1.165, 1.54) is 6.42 Å². The van der Waals surface area contributed by atoms with Crippen molar-refractivity contribution in [1.29, 1.82) is 0 Å². The Morgan fingerprint density at radius 1 is 1.18 bits per heavy atom. The minimum atomic E-state index is 0.0232. The fourth-order valence-electron chi connectivity index (χ4n) is 1.65. The molecule has 0 aliphatic carbocycles. The van der Waals surface area contributed by atoms with Gasteiger partial charge < -0.3 is 11.1 Å². The first-order valence-corrected chi connectivity index (χ1v) is 8.37. The number of nitrogens with two attached hydrogens (primary N) is 1. The molecule has 0 fully saturated rings. The third kappa shape index (κ3) is 10.6. The third-order valence-corrected chi connectivity index (χ3v) is 5.56. The highest BCUT2D eigenvalue weighted by Gasteiger charge is 2.16. The lowest BCUT2D eigenvalue weighted by atomic mass is 10.0. The molecule has 3 N–H and O–H groups in total. The van der Waals surface area contributed by atoms with E-state index >= 15 is 0 Å². The van der Waals surface area contributed by atoms with Gasteiger partial charge in [0.15, 0.2) is 0 Å². The predicted molar refractivity (Wildman–Crippen MR) is 88.3 cm³/mol. The zero-order valence-electron chi connectivity index (χ0n) is 11.4. The molecule has 2 nitrogen and oxygen atoms in total. The van der Waals surface area contributed by atoms with E-state index in [0.717, 1.165) is 24.1 Å². The van der Waals surface area contributed by atoms with Gasteiger partial charge in [0.1, 0.15) is 0 Å². The molecule has 0 amide bonds. The monoisotopic (exact) mass is 296 g/mol. The molecular weight excluding hydrogens is 268 g/mol. The van der Waals surface area contributed by atoms with Crippen molar-refractivity contribution in [3.8, 4) is 0 Å². The van der Waals surface area contributed by atoms with Gasteiger partial charge in [0.05, 0.1) is 10.7 Å². The quantitative estimate of drug-likeness (QED) is 0.390. The number of thioether (sulfide) groups is 1. The van der Waals surface area contributed by atoms with Crippen LogP contribution in [0.3, 0.4) is 0 Å². The van der Waals surface area contributed by atoms with E-state index in [4.69, 9.17) is 5.73 Å². The normalized spacial score (nSPS) is 19.1. The highest BCUT2D eigenvalue weighted by atomic mass is 32.2. The smallest absolute Gasteiger partial charge is 0.0600 e. The van der Waals surface area contributed by atoms with E-state index in [2.05, 4.69) is 51.3 Å². The van der Waals surface area contributed by atoms with E-state index in [1.54, 1.807) is 0 Å². The van der Waals surface area contributed by atoms with Gasteiger partial charge in [-0.2, -0.15) is 25.3 Å². The summed E-state index contributed by atoms with van der Waals surface area (Å²) in [6.07, 6.45) is 1.30. The minimum Gasteiger partial charge on any atom is -0.316 e. The first-order valence-electron chi connectivity index (χ1n) is 6.29. The molecule has 0 saturated heterocycles. The molecule has 0 bridgehead atoms. The summed E-state index contributed by atoms with van der Waals surface area (Å²) in [5, 5.41) is 3.42. The summed E-state index contributed by atoms with van der Waals surface area (Å²) in [5.74, 6) is 2.67. The number of hydrogen-bond donors (Lipinski definition) is 4. The van der Waals surface area contributed by atoms with Crippen molar-refractivity contribution in [2.24, 2.45) is 17.6 Å². The first kappa shape index (κ1) is 18.0. The zero-order valence-corrected chi connectivity index (χ0v) is 14.0. The summed E-state index contributed by atoms with van der Waals surface area (Å²) in [6.45, 7) is 9.59. The van der Waals surface area contributed by atoms with Gasteiger partial charge in [0.25, 0.3) is 0 Å². The van der Waals surface area contributed by atoms with E-state index in [0.29, 0.717) is 0 Å². The molecule has 0 aliphatic heterocycles. The average Bonchev–Trinajstić information content (AvgIpc) is 2.21. The van der Waals surface area contributed by atoms with Crippen molar-refractivity contribution < 1.29 is 0 Å². The standard InChI is InChI=1S/C12H28N2S3/c1-8(2)5-9(3)7-17-12(16)11(15)6-14-10(4)13/h8-12,14-16H,5-7,13H2,1-4H3. The third-order valence-electron chi connectivity index (χ3n) is 2.40. The van der Waals surface area contributed by atoms with E-state index < -0.39 is 0 Å². The van der Waals surface area contributed by atoms with Gasteiger partial charge in [0.2, 0.25) is 0 Å². The molecule has 0 aliphatic rings. The van der Waals surface area contributed by atoms with Crippen molar-refractivity contribution in [3.63, 3.8) is 0 Å². The van der Waals surface area contributed by atoms with Crippen LogP contribution in [0.2, 0.25) is 0 Å². The molecular formula is C12H28N2S3. The summed E-state index contributed by atoms with van der Waals surface area (Å²) < 4.78 is 0.263. The Labute approximate surface area is 122 Å². The second-order valence-electron chi connectivity index (χ2n) is 5.22. The Kier molecular flexibility index (Phi) is 10.4. The van der Waals surface area contributed by atoms with Gasteiger partial charge in [-0.3, -0.25) is 0 Å². The number of nitrogens with one attached hydrogen (secondary N) is 1. The van der Waals surface area contributed by atoms with Crippen LogP contribution in [0.5, 0.6) is 0 Å². The maximum absolute atomic E-state index is 5.64. The maximum atomic E-state index is 5.64. The molecule has 0 rings (SSSR count). The summed E-state index contributed by atoms with van der Waals surface area (Å²) in [4.78, 5) is 0. The summed E-state index contributed by atoms with van der Waals surface area (Å²) >= 11 is 11.0. The van der Waals surface area contributed by atoms with Crippen molar-refractivity contribution in [2.45, 2.75) is 50.1 Å². The molecule has 4 atom stereocenters. The summed E-state index contributed by atoms with van der Waals surface area (Å²) in [6, 6.07) is 0. The molecule has 4 unspecified atom stereocenters. The molecule has 0 heterocycles. The van der Waals surface area contributed by atoms with Crippen LogP contribution in [-0.2, 0) is 0 Å². The second-order valence-corrected chi connectivity index (χ2v) is 7.97. The van der Waals surface area contributed by atoms with Crippen molar-refractivity contribution in [3.05, 3.63) is 0 Å². The molecule has 0 saturated carbocycles. The lowest BCUT2D eigenvalue weighted by molar-refractivity contribution is 0.474. The molecule has 0 aromatic carbocycles. The van der Waals surface area contributed by atoms with E-state index in [-0.39, 0.29) is 16.0 Å². The Balaban J connectivity index is 3.72. The summed E-state index contributed by atoms with van der Waals surface area (Å²) in [7, 11) is 0. The number of hydrogen-bond acceptors (Lipinski definition) is 5. The maximum Gasteiger partial charge on any atom is 0.0600 e. The van der Waals surface area contributed by atoms with Crippen LogP contribution in [0.1, 0.15) is 34.1 Å². The fraction of sp³-hybridized carbons (Fsp3) is 1.00. The average molecular weight is 297 g/mol. The molecule has 0 radical (unpaired) electrons. The highest BCUT2D eigenvalue weighted by Crippen LogP contribution is 2.26.